The number of hydrogen-bond acceptors (Lipinski definition) is 7. The molecular formula is C32H33NO6S. The fraction of sp³-hybridized carbons (Fsp3) is 0.281. The zero-order chi connectivity index (χ0) is 28.8. The smallest absolute Gasteiger partial charge is 0.302 e. The van der Waals surface area contributed by atoms with Crippen LogP contribution in [0.3, 0.4) is 0 Å². The lowest BCUT2D eigenvalue weighted by atomic mass is 9.90. The molecule has 1 N–H and O–H groups in total. The van der Waals surface area contributed by atoms with E-state index in [4.69, 9.17) is 14.2 Å². The molecule has 1 aliphatic heterocycles. The van der Waals surface area contributed by atoms with Crippen molar-refractivity contribution in [1.82, 2.24) is 5.32 Å². The Bertz CT molecular complexity index is 1440. The van der Waals surface area contributed by atoms with Crippen molar-refractivity contribution < 1.29 is 28.6 Å². The van der Waals surface area contributed by atoms with Crippen LogP contribution in [0.2, 0.25) is 0 Å². The second-order valence-corrected chi connectivity index (χ2v) is 10.8. The van der Waals surface area contributed by atoms with Gasteiger partial charge in [0, 0.05) is 13.3 Å². The number of aryl methyl sites for hydroxylation is 2. The van der Waals surface area contributed by atoms with Crippen molar-refractivity contribution in [2.75, 3.05) is 6.61 Å². The molecule has 8 heteroatoms. The summed E-state index contributed by atoms with van der Waals surface area (Å²) in [6, 6.07) is 17.7. The maximum absolute atomic E-state index is 11.8. The molecule has 0 spiro atoms. The molecule has 0 radical (unpaired) electrons. The Kier molecular flexibility index (Phi) is 9.32. The second kappa shape index (κ2) is 12.9. The van der Waals surface area contributed by atoms with E-state index in [1.165, 1.54) is 12.5 Å². The number of esters is 1. The van der Waals surface area contributed by atoms with Crippen LogP contribution in [0.25, 0.3) is 17.2 Å². The molecule has 3 aromatic carbocycles. The first-order valence-electron chi connectivity index (χ1n) is 13.1. The van der Waals surface area contributed by atoms with Gasteiger partial charge in [-0.2, -0.15) is 0 Å². The van der Waals surface area contributed by atoms with Gasteiger partial charge >= 0.3 is 5.97 Å². The summed E-state index contributed by atoms with van der Waals surface area (Å²) in [6.45, 7) is 10.4. The Morgan fingerprint density at radius 3 is 2.30 bits per heavy atom. The maximum Gasteiger partial charge on any atom is 0.302 e. The number of nitrogens with one attached hydrogen (secondary N) is 1. The lowest BCUT2D eigenvalue weighted by molar-refractivity contribution is -0.145. The highest BCUT2D eigenvalue weighted by atomic mass is 32.2. The zero-order valence-electron chi connectivity index (χ0n) is 23.3. The van der Waals surface area contributed by atoms with E-state index in [2.05, 4.69) is 38.2 Å². The van der Waals surface area contributed by atoms with Crippen LogP contribution in [0.1, 0.15) is 48.1 Å². The minimum atomic E-state index is -0.371. The third kappa shape index (κ3) is 7.33. The number of benzene rings is 3. The molecule has 1 heterocycles. The van der Waals surface area contributed by atoms with Gasteiger partial charge in [-0.1, -0.05) is 30.3 Å². The summed E-state index contributed by atoms with van der Waals surface area (Å²) in [5.41, 5.74) is 7.59. The SMILES string of the molecule is CC(=O)O[C@H](C)CCOc1cc(C)c(-c2cccc(COc3ccc(/C=C4\SC(=O)NC4=O)cc3)c2C)c(C)c1. The van der Waals surface area contributed by atoms with Gasteiger partial charge in [0.2, 0.25) is 0 Å². The normalized spacial score (nSPS) is 14.7. The molecule has 1 saturated heterocycles. The predicted molar refractivity (Wildman–Crippen MR) is 157 cm³/mol. The topological polar surface area (TPSA) is 90.9 Å². The Balaban J connectivity index is 1.42. The molecule has 0 aliphatic carbocycles. The van der Waals surface area contributed by atoms with Gasteiger partial charge in [0.1, 0.15) is 24.2 Å². The maximum atomic E-state index is 11.8. The number of carbonyl (C=O) groups excluding carboxylic acids is 3. The molecule has 0 bridgehead atoms. The quantitative estimate of drug-likeness (QED) is 0.213. The van der Waals surface area contributed by atoms with Crippen LogP contribution in [0.15, 0.2) is 59.5 Å². The monoisotopic (exact) mass is 559 g/mol. The van der Waals surface area contributed by atoms with E-state index < -0.39 is 0 Å². The summed E-state index contributed by atoms with van der Waals surface area (Å²) in [5.74, 6) is 0.851. The molecule has 1 aliphatic rings. The van der Waals surface area contributed by atoms with Crippen LogP contribution in [-0.4, -0.2) is 29.8 Å². The second-order valence-electron chi connectivity index (χ2n) is 9.79. The number of rotatable bonds is 10. The summed E-state index contributed by atoms with van der Waals surface area (Å²) in [6.07, 6.45) is 2.12. The summed E-state index contributed by atoms with van der Waals surface area (Å²) in [5, 5.41) is 1.90. The molecule has 1 atom stereocenters. The summed E-state index contributed by atoms with van der Waals surface area (Å²) in [7, 11) is 0. The van der Waals surface area contributed by atoms with Crippen LogP contribution in [0.5, 0.6) is 11.5 Å². The minimum Gasteiger partial charge on any atom is -0.493 e. The van der Waals surface area contributed by atoms with Gasteiger partial charge < -0.3 is 14.2 Å². The van der Waals surface area contributed by atoms with E-state index in [9.17, 15) is 14.4 Å². The van der Waals surface area contributed by atoms with E-state index in [1.54, 1.807) is 6.08 Å². The molecule has 0 aromatic heterocycles. The van der Waals surface area contributed by atoms with Crippen LogP contribution in [0, 0.1) is 20.8 Å². The molecule has 40 heavy (non-hydrogen) atoms. The molecular weight excluding hydrogens is 526 g/mol. The number of imide groups is 1. The first-order chi connectivity index (χ1) is 19.1. The molecule has 0 unspecified atom stereocenters. The van der Waals surface area contributed by atoms with Gasteiger partial charge in [-0.25, -0.2) is 0 Å². The Labute approximate surface area is 238 Å². The lowest BCUT2D eigenvalue weighted by Gasteiger charge is -2.18. The number of carbonyl (C=O) groups is 3. The van der Waals surface area contributed by atoms with E-state index in [-0.39, 0.29) is 23.2 Å². The number of amides is 2. The summed E-state index contributed by atoms with van der Waals surface area (Å²) in [4.78, 5) is 34.6. The van der Waals surface area contributed by atoms with E-state index in [0.29, 0.717) is 30.3 Å². The average molecular weight is 560 g/mol. The fourth-order valence-electron chi connectivity index (χ4n) is 4.62. The predicted octanol–water partition coefficient (Wildman–Crippen LogP) is 6.90. The minimum absolute atomic E-state index is 0.187. The molecule has 0 saturated carbocycles. The van der Waals surface area contributed by atoms with Crippen LogP contribution >= 0.6 is 11.8 Å². The molecule has 7 nitrogen and oxygen atoms in total. The Morgan fingerprint density at radius 2 is 1.68 bits per heavy atom. The first-order valence-corrected chi connectivity index (χ1v) is 13.9. The highest BCUT2D eigenvalue weighted by Gasteiger charge is 2.24. The number of hydrogen-bond donors (Lipinski definition) is 1. The summed E-state index contributed by atoms with van der Waals surface area (Å²) < 4.78 is 17.2. The van der Waals surface area contributed by atoms with Crippen LogP contribution in [-0.2, 0) is 20.9 Å². The number of ether oxygens (including phenoxy) is 3. The first kappa shape index (κ1) is 29.0. The lowest BCUT2D eigenvalue weighted by Crippen LogP contribution is -2.17. The Hall–Kier alpha value is -4.04. The highest BCUT2D eigenvalue weighted by molar-refractivity contribution is 8.18. The highest BCUT2D eigenvalue weighted by Crippen LogP contribution is 2.34. The molecule has 208 valence electrons. The summed E-state index contributed by atoms with van der Waals surface area (Å²) >= 11 is 0.898. The van der Waals surface area contributed by atoms with Crippen molar-refractivity contribution in [2.24, 2.45) is 0 Å². The van der Waals surface area contributed by atoms with Crippen LogP contribution in [0.4, 0.5) is 4.79 Å². The average Bonchev–Trinajstić information content (AvgIpc) is 3.20. The van der Waals surface area contributed by atoms with Gasteiger partial charge in [-0.15, -0.1) is 0 Å². The number of thioether (sulfide) groups is 1. The standard InChI is InChI=1S/C32H33NO6S/c1-19-15-27(37-14-13-21(3)39-23(5)34)16-20(2)30(19)28-8-6-7-25(22(28)4)18-38-26-11-9-24(10-12-26)17-29-31(35)33-32(36)40-29/h6-12,15-17,21H,13-14,18H2,1-5H3,(H,33,35,36)/b29-17-/t21-/m1/s1. The van der Waals surface area contributed by atoms with Crippen molar-refractivity contribution in [1.29, 1.82) is 0 Å². The largest absolute Gasteiger partial charge is 0.493 e. The zero-order valence-corrected chi connectivity index (χ0v) is 24.1. The van der Waals surface area contributed by atoms with Crippen molar-refractivity contribution in [3.05, 3.63) is 87.3 Å². The van der Waals surface area contributed by atoms with Gasteiger partial charge in [-0.05, 0) is 109 Å². The van der Waals surface area contributed by atoms with E-state index in [0.717, 1.165) is 50.9 Å². The van der Waals surface area contributed by atoms with Gasteiger partial charge in [0.15, 0.2) is 0 Å². The van der Waals surface area contributed by atoms with Crippen LogP contribution < -0.4 is 14.8 Å². The van der Waals surface area contributed by atoms with Gasteiger partial charge in [0.05, 0.1) is 11.5 Å². The molecule has 4 rings (SSSR count). The van der Waals surface area contributed by atoms with Gasteiger partial charge in [0.25, 0.3) is 11.1 Å². The van der Waals surface area contributed by atoms with E-state index >= 15 is 0 Å². The third-order valence-electron chi connectivity index (χ3n) is 6.60. The Morgan fingerprint density at radius 1 is 0.975 bits per heavy atom. The molecule has 2 amide bonds. The van der Waals surface area contributed by atoms with Crippen molar-refractivity contribution in [3.8, 4) is 22.6 Å². The van der Waals surface area contributed by atoms with Crippen molar-refractivity contribution in [2.45, 2.75) is 53.8 Å². The third-order valence-corrected chi connectivity index (χ3v) is 7.41. The van der Waals surface area contributed by atoms with Crippen molar-refractivity contribution >= 4 is 35.0 Å². The molecule has 3 aromatic rings. The fourth-order valence-corrected chi connectivity index (χ4v) is 5.30. The van der Waals surface area contributed by atoms with Crippen molar-refractivity contribution in [3.63, 3.8) is 0 Å². The van der Waals surface area contributed by atoms with E-state index in [1.807, 2.05) is 49.4 Å². The van der Waals surface area contributed by atoms with Gasteiger partial charge in [-0.3, -0.25) is 19.7 Å². The molecule has 1 fully saturated rings.